The molecular weight excluding hydrogens is 309 g/mol. The van der Waals surface area contributed by atoms with E-state index in [4.69, 9.17) is 9.47 Å². The predicted octanol–water partition coefficient (Wildman–Crippen LogP) is 2.41. The number of nitrogens with zero attached hydrogens (tertiary/aromatic N) is 3. The Labute approximate surface area is 140 Å². The van der Waals surface area contributed by atoms with Crippen LogP contribution in [0.3, 0.4) is 0 Å². The number of rotatable bonds is 3. The first-order valence-corrected chi connectivity index (χ1v) is 8.20. The van der Waals surface area contributed by atoms with Gasteiger partial charge in [-0.1, -0.05) is 6.07 Å². The van der Waals surface area contributed by atoms with Crippen LogP contribution in [-0.4, -0.2) is 42.9 Å². The molecule has 0 unspecified atom stereocenters. The number of benzene rings is 1. The molecule has 0 saturated carbocycles. The van der Waals surface area contributed by atoms with Crippen LogP contribution in [-0.2, 0) is 17.9 Å². The zero-order valence-corrected chi connectivity index (χ0v) is 13.4. The average molecular weight is 329 g/mol. The quantitative estimate of drug-likeness (QED) is 0.864. The summed E-state index contributed by atoms with van der Waals surface area (Å²) in [6.07, 6.45) is 1.82. The van der Waals surface area contributed by atoms with E-state index in [0.717, 1.165) is 48.9 Å². The van der Waals surface area contributed by atoms with Crippen LogP contribution in [0.2, 0.25) is 0 Å². The van der Waals surface area contributed by atoms with Crippen molar-refractivity contribution in [1.82, 2.24) is 9.88 Å². The fourth-order valence-electron chi connectivity index (χ4n) is 3.29. The Hall–Kier alpha value is -2.18. The van der Waals surface area contributed by atoms with Crippen molar-refractivity contribution < 1.29 is 13.9 Å². The molecule has 1 aromatic heterocycles. The van der Waals surface area contributed by atoms with Crippen LogP contribution in [0.1, 0.15) is 11.1 Å². The van der Waals surface area contributed by atoms with Gasteiger partial charge in [0.05, 0.1) is 6.61 Å². The van der Waals surface area contributed by atoms with Gasteiger partial charge in [0.1, 0.15) is 17.4 Å². The molecule has 126 valence electrons. The van der Waals surface area contributed by atoms with E-state index in [0.29, 0.717) is 13.2 Å². The number of aromatic nitrogens is 1. The summed E-state index contributed by atoms with van der Waals surface area (Å²) in [5.74, 6) is 1.57. The molecule has 2 aliphatic heterocycles. The number of pyridine rings is 1. The third-order valence-electron chi connectivity index (χ3n) is 4.49. The van der Waals surface area contributed by atoms with Gasteiger partial charge in [-0.15, -0.1) is 0 Å². The predicted molar refractivity (Wildman–Crippen MR) is 88.4 cm³/mol. The van der Waals surface area contributed by atoms with Crippen molar-refractivity contribution in [2.45, 2.75) is 13.2 Å². The van der Waals surface area contributed by atoms with E-state index < -0.39 is 0 Å². The molecule has 3 heterocycles. The summed E-state index contributed by atoms with van der Waals surface area (Å²) in [6.45, 7) is 5.00. The Morgan fingerprint density at radius 3 is 2.79 bits per heavy atom. The van der Waals surface area contributed by atoms with E-state index in [9.17, 15) is 4.39 Å². The molecular formula is C18H20FN3O2. The highest BCUT2D eigenvalue weighted by atomic mass is 19.1. The van der Waals surface area contributed by atoms with Crippen LogP contribution < -0.4 is 9.64 Å². The van der Waals surface area contributed by atoms with Crippen LogP contribution in [0.5, 0.6) is 5.75 Å². The van der Waals surface area contributed by atoms with Gasteiger partial charge >= 0.3 is 0 Å². The monoisotopic (exact) mass is 329 g/mol. The minimum atomic E-state index is -0.232. The summed E-state index contributed by atoms with van der Waals surface area (Å²) < 4.78 is 24.7. The van der Waals surface area contributed by atoms with Crippen molar-refractivity contribution in [2.24, 2.45) is 0 Å². The smallest absolute Gasteiger partial charge is 0.189 e. The van der Waals surface area contributed by atoms with Crippen LogP contribution in [0.25, 0.3) is 0 Å². The average Bonchev–Trinajstić information content (AvgIpc) is 2.63. The van der Waals surface area contributed by atoms with Gasteiger partial charge in [0.2, 0.25) is 0 Å². The minimum Gasteiger partial charge on any atom is -0.467 e. The summed E-state index contributed by atoms with van der Waals surface area (Å²) in [4.78, 5) is 9.01. The number of anilines is 1. The van der Waals surface area contributed by atoms with Gasteiger partial charge in [-0.25, -0.2) is 9.37 Å². The maximum atomic E-state index is 13.8. The maximum absolute atomic E-state index is 13.8. The number of ether oxygens (including phenoxy) is 2. The summed E-state index contributed by atoms with van der Waals surface area (Å²) in [6, 6.07) is 9.04. The number of piperazine rings is 1. The molecule has 0 radical (unpaired) electrons. The molecule has 1 saturated heterocycles. The maximum Gasteiger partial charge on any atom is 0.189 e. The second-order valence-electron chi connectivity index (χ2n) is 6.11. The van der Waals surface area contributed by atoms with Crippen molar-refractivity contribution in [3.63, 3.8) is 0 Å². The number of hydrogen-bond acceptors (Lipinski definition) is 5. The molecule has 6 heteroatoms. The standard InChI is InChI=1S/C18H20FN3O2/c19-16-9-14(18-15(10-16)12-23-13-24-18)11-21-5-7-22(8-6-21)17-3-1-2-4-20-17/h1-4,9-10H,5-8,11-13H2. The van der Waals surface area contributed by atoms with Crippen molar-refractivity contribution in [2.75, 3.05) is 37.9 Å². The van der Waals surface area contributed by atoms with Gasteiger partial charge in [0.15, 0.2) is 6.79 Å². The van der Waals surface area contributed by atoms with Crippen LogP contribution in [0.15, 0.2) is 36.5 Å². The van der Waals surface area contributed by atoms with Gasteiger partial charge in [0, 0.05) is 50.0 Å². The Balaban J connectivity index is 1.43. The van der Waals surface area contributed by atoms with Crippen molar-refractivity contribution in [1.29, 1.82) is 0 Å². The van der Waals surface area contributed by atoms with Crippen LogP contribution >= 0.6 is 0 Å². The van der Waals surface area contributed by atoms with E-state index in [1.54, 1.807) is 6.07 Å². The van der Waals surface area contributed by atoms with Crippen molar-refractivity contribution in [3.05, 3.63) is 53.5 Å². The molecule has 1 aromatic carbocycles. The van der Waals surface area contributed by atoms with Crippen LogP contribution in [0, 0.1) is 5.82 Å². The van der Waals surface area contributed by atoms with E-state index in [1.807, 2.05) is 24.4 Å². The Kier molecular flexibility index (Phi) is 4.32. The zero-order valence-electron chi connectivity index (χ0n) is 13.4. The van der Waals surface area contributed by atoms with Gasteiger partial charge in [-0.2, -0.15) is 0 Å². The van der Waals surface area contributed by atoms with Gasteiger partial charge < -0.3 is 14.4 Å². The Bertz CT molecular complexity index is 703. The molecule has 0 N–H and O–H groups in total. The SMILES string of the molecule is Fc1cc2c(c(CN3CCN(c4ccccn4)CC3)c1)OCOC2. The van der Waals surface area contributed by atoms with Crippen LogP contribution in [0.4, 0.5) is 10.2 Å². The topological polar surface area (TPSA) is 37.8 Å². The summed E-state index contributed by atoms with van der Waals surface area (Å²) >= 11 is 0. The van der Waals surface area contributed by atoms with Gasteiger partial charge in [-0.05, 0) is 24.3 Å². The molecule has 1 fully saturated rings. The highest BCUT2D eigenvalue weighted by Crippen LogP contribution is 2.30. The molecule has 0 bridgehead atoms. The molecule has 2 aliphatic rings. The fourth-order valence-corrected chi connectivity index (χ4v) is 3.29. The van der Waals surface area contributed by atoms with E-state index in [-0.39, 0.29) is 12.6 Å². The Morgan fingerprint density at radius 1 is 1.12 bits per heavy atom. The minimum absolute atomic E-state index is 0.232. The molecule has 4 rings (SSSR count). The molecule has 2 aromatic rings. The lowest BCUT2D eigenvalue weighted by Crippen LogP contribution is -2.46. The molecule has 5 nitrogen and oxygen atoms in total. The second-order valence-corrected chi connectivity index (χ2v) is 6.11. The van der Waals surface area contributed by atoms with Gasteiger partial charge in [-0.3, -0.25) is 4.90 Å². The number of fused-ring (bicyclic) bond motifs is 1. The molecule has 0 aliphatic carbocycles. The molecule has 24 heavy (non-hydrogen) atoms. The zero-order chi connectivity index (χ0) is 16.4. The van der Waals surface area contributed by atoms with Gasteiger partial charge in [0.25, 0.3) is 0 Å². The second kappa shape index (κ2) is 6.75. The third kappa shape index (κ3) is 3.20. The number of halogens is 1. The summed E-state index contributed by atoms with van der Waals surface area (Å²) in [7, 11) is 0. The van der Waals surface area contributed by atoms with Crippen molar-refractivity contribution in [3.8, 4) is 5.75 Å². The van der Waals surface area contributed by atoms with E-state index in [2.05, 4.69) is 14.8 Å². The third-order valence-corrected chi connectivity index (χ3v) is 4.49. The first-order chi connectivity index (χ1) is 11.8. The summed E-state index contributed by atoms with van der Waals surface area (Å²) in [5, 5.41) is 0. The van der Waals surface area contributed by atoms with E-state index in [1.165, 1.54) is 6.07 Å². The van der Waals surface area contributed by atoms with Crippen molar-refractivity contribution >= 4 is 5.82 Å². The lowest BCUT2D eigenvalue weighted by atomic mass is 10.1. The number of hydrogen-bond donors (Lipinski definition) is 0. The Morgan fingerprint density at radius 2 is 2.00 bits per heavy atom. The lowest BCUT2D eigenvalue weighted by molar-refractivity contribution is -0.0177. The summed E-state index contributed by atoms with van der Waals surface area (Å²) in [5.41, 5.74) is 1.70. The first kappa shape index (κ1) is 15.4. The fraction of sp³-hybridized carbons (Fsp3) is 0.389. The highest BCUT2D eigenvalue weighted by Gasteiger charge is 2.22. The molecule has 0 atom stereocenters. The highest BCUT2D eigenvalue weighted by molar-refractivity contribution is 5.43. The normalized spacial score (nSPS) is 18.1. The molecule has 0 spiro atoms. The molecule has 0 amide bonds. The lowest BCUT2D eigenvalue weighted by Gasteiger charge is -2.35. The largest absolute Gasteiger partial charge is 0.467 e. The first-order valence-electron chi connectivity index (χ1n) is 8.20. The van der Waals surface area contributed by atoms with E-state index >= 15 is 0 Å².